The Labute approximate surface area is 94.0 Å². The van der Waals surface area contributed by atoms with Crippen molar-refractivity contribution in [3.63, 3.8) is 0 Å². The Bertz CT molecular complexity index is 451. The zero-order valence-electron chi connectivity index (χ0n) is 7.57. The maximum absolute atomic E-state index is 11.6. The molecule has 76 valence electrons. The number of hydrogen-bond acceptors (Lipinski definition) is 3. The lowest BCUT2D eigenvalue weighted by Gasteiger charge is -2.00. The van der Waals surface area contributed by atoms with Crippen LogP contribution in [0.1, 0.15) is 10.5 Å². The number of aromatic nitrogens is 3. The molecule has 0 bridgehead atoms. The Morgan fingerprint density at radius 3 is 2.87 bits per heavy atom. The second-order valence-corrected chi connectivity index (χ2v) is 3.72. The molecule has 6 heteroatoms. The fourth-order valence-corrected chi connectivity index (χ4v) is 1.26. The van der Waals surface area contributed by atoms with Crippen LogP contribution in [0.2, 0.25) is 0 Å². The van der Waals surface area contributed by atoms with Gasteiger partial charge in [-0.2, -0.15) is 5.10 Å². The lowest BCUT2D eigenvalue weighted by Crippen LogP contribution is -2.12. The predicted molar refractivity (Wildman–Crippen MR) is 58.5 cm³/mol. The molecule has 5 nitrogen and oxygen atoms in total. The SMILES string of the molecule is O=C(Nc1cn[nH]c1)c1ccc(Br)cn1. The molecule has 2 N–H and O–H groups in total. The number of nitrogens with zero attached hydrogens (tertiary/aromatic N) is 2. The van der Waals surface area contributed by atoms with Crippen LogP contribution >= 0.6 is 15.9 Å². The van der Waals surface area contributed by atoms with E-state index in [1.807, 2.05) is 0 Å². The summed E-state index contributed by atoms with van der Waals surface area (Å²) < 4.78 is 0.836. The Morgan fingerprint density at radius 1 is 1.40 bits per heavy atom. The van der Waals surface area contributed by atoms with Crippen molar-refractivity contribution in [1.29, 1.82) is 0 Å². The number of amides is 1. The van der Waals surface area contributed by atoms with Gasteiger partial charge in [-0.3, -0.25) is 9.89 Å². The van der Waals surface area contributed by atoms with Crippen LogP contribution in [-0.4, -0.2) is 21.1 Å². The van der Waals surface area contributed by atoms with Gasteiger partial charge in [-0.25, -0.2) is 4.98 Å². The first-order valence-corrected chi connectivity index (χ1v) is 4.97. The molecule has 0 saturated heterocycles. The third-order valence-corrected chi connectivity index (χ3v) is 2.19. The number of H-pyrrole nitrogens is 1. The number of rotatable bonds is 2. The van der Waals surface area contributed by atoms with Gasteiger partial charge in [0.15, 0.2) is 0 Å². The fourth-order valence-electron chi connectivity index (χ4n) is 1.02. The zero-order chi connectivity index (χ0) is 10.7. The van der Waals surface area contributed by atoms with Crippen LogP contribution in [-0.2, 0) is 0 Å². The molecule has 15 heavy (non-hydrogen) atoms. The first-order chi connectivity index (χ1) is 7.25. The molecule has 0 spiro atoms. The van der Waals surface area contributed by atoms with E-state index >= 15 is 0 Å². The second kappa shape index (κ2) is 4.22. The van der Waals surface area contributed by atoms with E-state index in [1.165, 1.54) is 6.20 Å². The van der Waals surface area contributed by atoms with Crippen molar-refractivity contribution in [3.05, 3.63) is 40.9 Å². The van der Waals surface area contributed by atoms with E-state index in [0.29, 0.717) is 11.4 Å². The highest BCUT2D eigenvalue weighted by Gasteiger charge is 2.07. The monoisotopic (exact) mass is 266 g/mol. The van der Waals surface area contributed by atoms with Gasteiger partial charge in [0.1, 0.15) is 5.69 Å². The van der Waals surface area contributed by atoms with Gasteiger partial charge in [0.25, 0.3) is 5.91 Å². The van der Waals surface area contributed by atoms with Gasteiger partial charge in [-0.15, -0.1) is 0 Å². The number of anilines is 1. The minimum Gasteiger partial charge on any atom is -0.318 e. The normalized spacial score (nSPS) is 9.93. The van der Waals surface area contributed by atoms with Crippen molar-refractivity contribution < 1.29 is 4.79 Å². The van der Waals surface area contributed by atoms with Crippen LogP contribution in [0.4, 0.5) is 5.69 Å². The van der Waals surface area contributed by atoms with E-state index in [4.69, 9.17) is 0 Å². The standard InChI is InChI=1S/C9H7BrN4O/c10-6-1-2-8(11-3-6)9(15)14-7-4-12-13-5-7/h1-5H,(H,12,13)(H,14,15). The molecule has 2 heterocycles. The number of hydrogen-bond donors (Lipinski definition) is 2. The van der Waals surface area contributed by atoms with Crippen LogP contribution in [0.3, 0.4) is 0 Å². The van der Waals surface area contributed by atoms with E-state index < -0.39 is 0 Å². The fraction of sp³-hybridized carbons (Fsp3) is 0. The van der Waals surface area contributed by atoms with Crippen molar-refractivity contribution in [2.24, 2.45) is 0 Å². The van der Waals surface area contributed by atoms with Gasteiger partial charge in [-0.05, 0) is 28.1 Å². The molecular formula is C9H7BrN4O. The number of pyridine rings is 1. The predicted octanol–water partition coefficient (Wildman–Crippen LogP) is 1.82. The lowest BCUT2D eigenvalue weighted by atomic mass is 10.3. The average molecular weight is 267 g/mol. The van der Waals surface area contributed by atoms with Gasteiger partial charge in [0.2, 0.25) is 0 Å². The molecule has 2 rings (SSSR count). The van der Waals surface area contributed by atoms with Crippen LogP contribution < -0.4 is 5.32 Å². The highest BCUT2D eigenvalue weighted by Crippen LogP contribution is 2.09. The second-order valence-electron chi connectivity index (χ2n) is 2.80. The quantitative estimate of drug-likeness (QED) is 0.871. The van der Waals surface area contributed by atoms with Crippen molar-refractivity contribution in [1.82, 2.24) is 15.2 Å². The maximum Gasteiger partial charge on any atom is 0.274 e. The smallest absolute Gasteiger partial charge is 0.274 e. The molecular weight excluding hydrogens is 260 g/mol. The van der Waals surface area contributed by atoms with Gasteiger partial charge in [0.05, 0.1) is 11.9 Å². The first kappa shape index (κ1) is 9.85. The third-order valence-electron chi connectivity index (χ3n) is 1.72. The minimum atomic E-state index is -0.260. The van der Waals surface area contributed by atoms with E-state index in [2.05, 4.69) is 36.4 Å². The Balaban J connectivity index is 2.11. The number of carbonyl (C=O) groups excluding carboxylic acids is 1. The summed E-state index contributed by atoms with van der Waals surface area (Å²) in [6.45, 7) is 0. The number of aromatic amines is 1. The highest BCUT2D eigenvalue weighted by molar-refractivity contribution is 9.10. The lowest BCUT2D eigenvalue weighted by molar-refractivity contribution is 0.102. The van der Waals surface area contributed by atoms with Crippen molar-refractivity contribution in [2.45, 2.75) is 0 Å². The number of carbonyl (C=O) groups is 1. The molecule has 0 aromatic carbocycles. The summed E-state index contributed by atoms with van der Waals surface area (Å²) in [5, 5.41) is 8.97. The Kier molecular flexibility index (Phi) is 2.77. The molecule has 0 radical (unpaired) electrons. The van der Waals surface area contributed by atoms with Gasteiger partial charge >= 0.3 is 0 Å². The molecule has 2 aromatic heterocycles. The molecule has 1 amide bonds. The van der Waals surface area contributed by atoms with E-state index in [9.17, 15) is 4.79 Å². The van der Waals surface area contributed by atoms with E-state index in [0.717, 1.165) is 4.47 Å². The van der Waals surface area contributed by atoms with E-state index in [-0.39, 0.29) is 5.91 Å². The zero-order valence-corrected chi connectivity index (χ0v) is 9.15. The van der Waals surface area contributed by atoms with Crippen molar-refractivity contribution in [2.75, 3.05) is 5.32 Å². The molecule has 0 unspecified atom stereocenters. The third kappa shape index (κ3) is 2.41. The topological polar surface area (TPSA) is 70.7 Å². The summed E-state index contributed by atoms with van der Waals surface area (Å²) in [7, 11) is 0. The van der Waals surface area contributed by atoms with Gasteiger partial charge in [0, 0.05) is 16.9 Å². The van der Waals surface area contributed by atoms with Crippen LogP contribution in [0.5, 0.6) is 0 Å². The van der Waals surface area contributed by atoms with Crippen LogP contribution in [0.25, 0.3) is 0 Å². The van der Waals surface area contributed by atoms with Crippen molar-refractivity contribution in [3.8, 4) is 0 Å². The summed E-state index contributed by atoms with van der Waals surface area (Å²) in [5.41, 5.74) is 0.976. The molecule has 0 saturated carbocycles. The molecule has 0 aliphatic heterocycles. The Hall–Kier alpha value is -1.69. The molecule has 2 aromatic rings. The minimum absolute atomic E-state index is 0.260. The van der Waals surface area contributed by atoms with E-state index in [1.54, 1.807) is 24.5 Å². The summed E-state index contributed by atoms with van der Waals surface area (Å²) in [6.07, 6.45) is 4.69. The number of nitrogens with one attached hydrogen (secondary N) is 2. The van der Waals surface area contributed by atoms with Crippen molar-refractivity contribution >= 4 is 27.5 Å². The number of halogens is 1. The van der Waals surface area contributed by atoms with Gasteiger partial charge in [-0.1, -0.05) is 0 Å². The first-order valence-electron chi connectivity index (χ1n) is 4.17. The summed E-state index contributed by atoms with van der Waals surface area (Å²) in [4.78, 5) is 15.6. The average Bonchev–Trinajstić information content (AvgIpc) is 2.71. The maximum atomic E-state index is 11.6. The molecule has 0 fully saturated rings. The van der Waals surface area contributed by atoms with Gasteiger partial charge < -0.3 is 5.32 Å². The van der Waals surface area contributed by atoms with Crippen LogP contribution in [0.15, 0.2) is 35.2 Å². The summed E-state index contributed by atoms with van der Waals surface area (Å²) >= 11 is 3.25. The molecule has 0 atom stereocenters. The Morgan fingerprint density at radius 2 is 2.27 bits per heavy atom. The molecule has 0 aliphatic rings. The van der Waals surface area contributed by atoms with Crippen LogP contribution in [0, 0.1) is 0 Å². The highest BCUT2D eigenvalue weighted by atomic mass is 79.9. The molecule has 0 aliphatic carbocycles. The largest absolute Gasteiger partial charge is 0.318 e. The summed E-state index contributed by atoms with van der Waals surface area (Å²) in [5.74, 6) is -0.260. The summed E-state index contributed by atoms with van der Waals surface area (Å²) in [6, 6.07) is 3.40.